The number of aromatic nitrogens is 1. The Morgan fingerprint density at radius 1 is 1.03 bits per heavy atom. The molecule has 0 atom stereocenters. The molecule has 1 fully saturated rings. The van der Waals surface area contributed by atoms with Crippen LogP contribution in [0.1, 0.15) is 52.4 Å². The molecule has 1 saturated heterocycles. The number of hydrogen-bond donors (Lipinski definition) is 2. The van der Waals surface area contributed by atoms with E-state index in [-0.39, 0.29) is 17.9 Å². The van der Waals surface area contributed by atoms with E-state index in [0.717, 1.165) is 30.8 Å². The summed E-state index contributed by atoms with van der Waals surface area (Å²) in [5.41, 5.74) is 2.82. The molecule has 0 bridgehead atoms. The summed E-state index contributed by atoms with van der Waals surface area (Å²) in [6.07, 6.45) is 4.62. The lowest BCUT2D eigenvalue weighted by molar-refractivity contribution is -0.129. The predicted octanol–water partition coefficient (Wildman–Crippen LogP) is 1.80. The van der Waals surface area contributed by atoms with Gasteiger partial charge in [-0.25, -0.2) is 4.79 Å². The van der Waals surface area contributed by atoms with E-state index < -0.39 is 11.5 Å². The monoisotopic (exact) mass is 455 g/mol. The second-order valence-electron chi connectivity index (χ2n) is 8.34. The maximum atomic E-state index is 12.9. The van der Waals surface area contributed by atoms with E-state index >= 15 is 0 Å². The van der Waals surface area contributed by atoms with Crippen molar-refractivity contribution in [3.8, 4) is 0 Å². The molecule has 0 saturated carbocycles. The number of rotatable bonds is 5. The fraction of sp³-hybridized carbons (Fsp3) is 0.417. The van der Waals surface area contributed by atoms with Crippen LogP contribution in [-0.4, -0.2) is 62.6 Å². The number of fused-ring (bicyclic) bond motifs is 1. The fourth-order valence-electron chi connectivity index (χ4n) is 4.46. The minimum atomic E-state index is -1.21. The van der Waals surface area contributed by atoms with Crippen LogP contribution < -0.4 is 5.56 Å². The molecule has 3 heterocycles. The molecule has 1 aromatic carbocycles. The number of aromatic carboxylic acids is 1. The number of pyridine rings is 1. The molecule has 33 heavy (non-hydrogen) atoms. The highest BCUT2D eigenvalue weighted by Gasteiger charge is 2.26. The van der Waals surface area contributed by atoms with Gasteiger partial charge in [0.25, 0.3) is 12.0 Å². The van der Waals surface area contributed by atoms with Gasteiger partial charge in [-0.05, 0) is 54.6 Å². The van der Waals surface area contributed by atoms with Crippen molar-refractivity contribution in [2.24, 2.45) is 0 Å². The summed E-state index contributed by atoms with van der Waals surface area (Å²) in [5.74, 6) is -1.26. The number of carboxylic acid groups (broad SMARTS) is 2. The highest BCUT2D eigenvalue weighted by Crippen LogP contribution is 2.21. The summed E-state index contributed by atoms with van der Waals surface area (Å²) in [4.78, 5) is 49.0. The van der Waals surface area contributed by atoms with Gasteiger partial charge in [-0.1, -0.05) is 24.3 Å². The van der Waals surface area contributed by atoms with Crippen LogP contribution in [0.4, 0.5) is 0 Å². The van der Waals surface area contributed by atoms with Crippen LogP contribution in [0.15, 0.2) is 35.3 Å². The van der Waals surface area contributed by atoms with Crippen LogP contribution in [0.25, 0.3) is 0 Å². The van der Waals surface area contributed by atoms with Crippen molar-refractivity contribution in [3.63, 3.8) is 0 Å². The normalized spacial score (nSPS) is 15.4. The molecule has 2 N–H and O–H groups in total. The Kier molecular flexibility index (Phi) is 8.00. The minimum absolute atomic E-state index is 0.0520. The number of hydrogen-bond acceptors (Lipinski definition) is 5. The standard InChI is InChI=1S/C23H27N3O4.CH2O2/c1-16(27)25-11-8-20-19(14-25)15-26(22(28)21(20)23(29)30)13-18-6-4-17(5-7-18)12-24-9-2-3-10-24;2-1-3/h4-7,15H,2-3,8-14H2,1H3,(H,29,30);1H,(H,2,3). The number of nitrogens with zero attached hydrogens (tertiary/aromatic N) is 3. The summed E-state index contributed by atoms with van der Waals surface area (Å²) in [5, 5.41) is 16.5. The van der Waals surface area contributed by atoms with Gasteiger partial charge in [-0.2, -0.15) is 0 Å². The number of carbonyl (C=O) groups is 3. The SMILES string of the molecule is CC(=O)N1CCc2c(cn(Cc3ccc(CN4CCCC4)cc3)c(=O)c2C(=O)O)C1.O=CO. The average Bonchev–Trinajstić information content (AvgIpc) is 3.28. The first-order valence-corrected chi connectivity index (χ1v) is 11.0. The predicted molar refractivity (Wildman–Crippen MR) is 121 cm³/mol. The van der Waals surface area contributed by atoms with Gasteiger partial charge in [-0.3, -0.25) is 19.3 Å². The number of likely N-dealkylation sites (tertiary alicyclic amines) is 1. The van der Waals surface area contributed by atoms with Crippen LogP contribution in [-0.2, 0) is 35.6 Å². The molecule has 2 aromatic rings. The summed E-state index contributed by atoms with van der Waals surface area (Å²) in [6.45, 7) is 5.54. The Balaban J connectivity index is 0.000000968. The molecule has 1 aromatic heterocycles. The van der Waals surface area contributed by atoms with Crippen molar-refractivity contribution in [3.05, 3.63) is 68.6 Å². The Morgan fingerprint density at radius 2 is 1.61 bits per heavy atom. The Labute approximate surface area is 191 Å². The van der Waals surface area contributed by atoms with Crippen molar-refractivity contribution in [1.82, 2.24) is 14.4 Å². The van der Waals surface area contributed by atoms with Gasteiger partial charge < -0.3 is 19.7 Å². The van der Waals surface area contributed by atoms with E-state index in [2.05, 4.69) is 17.0 Å². The van der Waals surface area contributed by atoms with Gasteiger partial charge in [0.1, 0.15) is 5.56 Å². The molecule has 0 unspecified atom stereocenters. The van der Waals surface area contributed by atoms with E-state index in [9.17, 15) is 19.5 Å². The van der Waals surface area contributed by atoms with Crippen molar-refractivity contribution in [2.75, 3.05) is 19.6 Å². The molecule has 0 aliphatic carbocycles. The first-order chi connectivity index (χ1) is 15.8. The highest BCUT2D eigenvalue weighted by atomic mass is 16.4. The second-order valence-corrected chi connectivity index (χ2v) is 8.34. The number of carboxylic acids is 1. The molecule has 0 radical (unpaired) electrons. The van der Waals surface area contributed by atoms with Crippen LogP contribution in [0, 0.1) is 0 Å². The lowest BCUT2D eigenvalue weighted by Crippen LogP contribution is -2.38. The topological polar surface area (TPSA) is 120 Å². The largest absolute Gasteiger partial charge is 0.483 e. The zero-order chi connectivity index (χ0) is 24.0. The summed E-state index contributed by atoms with van der Waals surface area (Å²) in [6, 6.07) is 8.15. The third kappa shape index (κ3) is 5.87. The van der Waals surface area contributed by atoms with Crippen LogP contribution in [0.5, 0.6) is 0 Å². The highest BCUT2D eigenvalue weighted by molar-refractivity contribution is 5.89. The molecular formula is C24H29N3O6. The van der Waals surface area contributed by atoms with Crippen LogP contribution in [0.2, 0.25) is 0 Å². The Bertz CT molecular complexity index is 1070. The smallest absolute Gasteiger partial charge is 0.341 e. The van der Waals surface area contributed by atoms with Crippen LogP contribution in [0.3, 0.4) is 0 Å². The number of benzene rings is 1. The molecule has 2 aliphatic rings. The average molecular weight is 456 g/mol. The van der Waals surface area contributed by atoms with Crippen molar-refractivity contribution in [2.45, 2.75) is 45.8 Å². The van der Waals surface area contributed by atoms with E-state index in [1.807, 2.05) is 12.1 Å². The summed E-state index contributed by atoms with van der Waals surface area (Å²) < 4.78 is 1.46. The summed E-state index contributed by atoms with van der Waals surface area (Å²) in [7, 11) is 0. The van der Waals surface area contributed by atoms with Gasteiger partial charge in [0.05, 0.1) is 6.54 Å². The molecule has 4 rings (SSSR count). The number of amides is 1. The molecule has 9 heteroatoms. The lowest BCUT2D eigenvalue weighted by Gasteiger charge is -2.29. The van der Waals surface area contributed by atoms with Gasteiger partial charge in [-0.15, -0.1) is 0 Å². The van der Waals surface area contributed by atoms with Gasteiger partial charge >= 0.3 is 5.97 Å². The molecule has 176 valence electrons. The van der Waals surface area contributed by atoms with Gasteiger partial charge in [0.15, 0.2) is 0 Å². The van der Waals surface area contributed by atoms with E-state index in [1.165, 1.54) is 29.9 Å². The quantitative estimate of drug-likeness (QED) is 0.660. The van der Waals surface area contributed by atoms with Crippen LogP contribution >= 0.6 is 0 Å². The Hall–Kier alpha value is -3.46. The minimum Gasteiger partial charge on any atom is -0.483 e. The van der Waals surface area contributed by atoms with Crippen molar-refractivity contribution >= 4 is 18.3 Å². The molecule has 0 spiro atoms. The van der Waals surface area contributed by atoms with Gasteiger partial charge in [0.2, 0.25) is 5.91 Å². The van der Waals surface area contributed by atoms with Crippen molar-refractivity contribution in [1.29, 1.82) is 0 Å². The molecular weight excluding hydrogens is 426 g/mol. The van der Waals surface area contributed by atoms with E-state index in [1.54, 1.807) is 11.1 Å². The van der Waals surface area contributed by atoms with E-state index in [0.29, 0.717) is 31.6 Å². The Morgan fingerprint density at radius 3 is 2.15 bits per heavy atom. The molecule has 2 aliphatic heterocycles. The number of carbonyl (C=O) groups excluding carboxylic acids is 1. The molecule has 1 amide bonds. The zero-order valence-corrected chi connectivity index (χ0v) is 18.7. The first kappa shape index (κ1) is 24.2. The third-order valence-corrected chi connectivity index (χ3v) is 6.11. The maximum Gasteiger partial charge on any atom is 0.341 e. The second kappa shape index (κ2) is 10.9. The molecule has 9 nitrogen and oxygen atoms in total. The fourth-order valence-corrected chi connectivity index (χ4v) is 4.46. The summed E-state index contributed by atoms with van der Waals surface area (Å²) >= 11 is 0. The van der Waals surface area contributed by atoms with Gasteiger partial charge in [0, 0.05) is 32.8 Å². The van der Waals surface area contributed by atoms with Crippen molar-refractivity contribution < 1.29 is 24.6 Å². The zero-order valence-electron chi connectivity index (χ0n) is 18.7. The third-order valence-electron chi connectivity index (χ3n) is 6.11. The van der Waals surface area contributed by atoms with E-state index in [4.69, 9.17) is 9.90 Å². The maximum absolute atomic E-state index is 12.9. The lowest BCUT2D eigenvalue weighted by atomic mass is 9.96. The first-order valence-electron chi connectivity index (χ1n) is 11.0.